The summed E-state index contributed by atoms with van der Waals surface area (Å²) >= 11 is 0. The first-order valence-corrected chi connectivity index (χ1v) is 16.5. The maximum Gasteiger partial charge on any atom is 0.135 e. The Hall–Kier alpha value is -5.64. The number of hydrogen-bond acceptors (Lipinski definition) is 2. The highest BCUT2D eigenvalue weighted by molar-refractivity contribution is 6.07. The standard InChI is InChI=1S/C44H34N2O/c1-2-11-30(12-3-1)28-45-29-33-13-4-5-14-35(33)31-21-24-34(25-22-31)46-40-18-8-6-15-37(40)38-26-23-32(27-41(38)46)36-17-10-20-43-44(36)39-16-7-9-19-42(39)47-43/h1-26,32,45H,27-29H2. The van der Waals surface area contributed by atoms with Crippen molar-refractivity contribution in [3.63, 3.8) is 0 Å². The van der Waals surface area contributed by atoms with Gasteiger partial charge in [-0.05, 0) is 64.6 Å². The monoisotopic (exact) mass is 606 g/mol. The molecule has 2 aromatic heterocycles. The lowest BCUT2D eigenvalue weighted by Gasteiger charge is -2.21. The van der Waals surface area contributed by atoms with E-state index < -0.39 is 0 Å². The molecule has 0 saturated carbocycles. The molecule has 2 heterocycles. The van der Waals surface area contributed by atoms with Crippen LogP contribution in [0.1, 0.15) is 33.9 Å². The molecule has 1 aliphatic rings. The summed E-state index contributed by atoms with van der Waals surface area (Å²) in [5.74, 6) is 0.241. The Labute approximate surface area is 274 Å². The fraction of sp³-hybridized carbons (Fsp3) is 0.0909. The Morgan fingerprint density at radius 1 is 0.638 bits per heavy atom. The molecular formula is C44H34N2O. The van der Waals surface area contributed by atoms with Gasteiger partial charge >= 0.3 is 0 Å². The fourth-order valence-electron chi connectivity index (χ4n) is 7.50. The molecular weight excluding hydrogens is 572 g/mol. The van der Waals surface area contributed by atoms with Gasteiger partial charge in [-0.1, -0.05) is 127 Å². The van der Waals surface area contributed by atoms with Crippen LogP contribution in [-0.2, 0) is 19.5 Å². The van der Waals surface area contributed by atoms with E-state index in [0.717, 1.165) is 30.7 Å². The molecule has 9 rings (SSSR count). The highest BCUT2D eigenvalue weighted by atomic mass is 16.3. The number of nitrogens with zero attached hydrogens (tertiary/aromatic N) is 1. The second kappa shape index (κ2) is 11.6. The molecule has 1 aliphatic carbocycles. The van der Waals surface area contributed by atoms with Gasteiger partial charge in [0.2, 0.25) is 0 Å². The van der Waals surface area contributed by atoms with Crippen LogP contribution in [0.25, 0.3) is 55.7 Å². The quantitative estimate of drug-likeness (QED) is 0.196. The molecule has 0 fully saturated rings. The van der Waals surface area contributed by atoms with Gasteiger partial charge in [-0.15, -0.1) is 0 Å². The first-order chi connectivity index (χ1) is 23.3. The van der Waals surface area contributed by atoms with Gasteiger partial charge in [-0.2, -0.15) is 0 Å². The Morgan fingerprint density at radius 3 is 2.28 bits per heavy atom. The van der Waals surface area contributed by atoms with Crippen LogP contribution in [0.4, 0.5) is 0 Å². The zero-order valence-corrected chi connectivity index (χ0v) is 26.1. The van der Waals surface area contributed by atoms with Gasteiger partial charge in [-0.25, -0.2) is 0 Å². The summed E-state index contributed by atoms with van der Waals surface area (Å²) in [5, 5.41) is 7.34. The van der Waals surface area contributed by atoms with Crippen LogP contribution in [0.5, 0.6) is 0 Å². The molecule has 0 saturated heterocycles. The third-order valence-corrected chi connectivity index (χ3v) is 9.70. The van der Waals surface area contributed by atoms with Crippen molar-refractivity contribution in [3.8, 4) is 16.8 Å². The summed E-state index contributed by atoms with van der Waals surface area (Å²) in [4.78, 5) is 0. The number of furan rings is 1. The lowest BCUT2D eigenvalue weighted by atomic mass is 9.85. The largest absolute Gasteiger partial charge is 0.456 e. The minimum absolute atomic E-state index is 0.241. The van der Waals surface area contributed by atoms with Crippen LogP contribution >= 0.6 is 0 Å². The lowest BCUT2D eigenvalue weighted by molar-refractivity contribution is 0.668. The molecule has 47 heavy (non-hydrogen) atoms. The van der Waals surface area contributed by atoms with Gasteiger partial charge in [0.15, 0.2) is 0 Å². The molecule has 0 aliphatic heterocycles. The molecule has 0 bridgehead atoms. The smallest absolute Gasteiger partial charge is 0.135 e. The van der Waals surface area contributed by atoms with Crippen molar-refractivity contribution in [2.75, 3.05) is 0 Å². The minimum atomic E-state index is 0.241. The Bertz CT molecular complexity index is 2410. The van der Waals surface area contributed by atoms with Gasteiger partial charge in [0.05, 0.1) is 5.52 Å². The molecule has 8 aromatic rings. The third kappa shape index (κ3) is 4.88. The predicted octanol–water partition coefficient (Wildman–Crippen LogP) is 10.8. The highest BCUT2D eigenvalue weighted by Gasteiger charge is 2.26. The van der Waals surface area contributed by atoms with Crippen molar-refractivity contribution in [2.45, 2.75) is 25.4 Å². The third-order valence-electron chi connectivity index (χ3n) is 9.70. The molecule has 1 unspecified atom stereocenters. The molecule has 0 amide bonds. The molecule has 1 N–H and O–H groups in total. The molecule has 226 valence electrons. The van der Waals surface area contributed by atoms with Gasteiger partial charge in [0.25, 0.3) is 0 Å². The Kier molecular flexibility index (Phi) is 6.84. The van der Waals surface area contributed by atoms with Crippen LogP contribution < -0.4 is 5.32 Å². The van der Waals surface area contributed by atoms with Crippen molar-refractivity contribution >= 4 is 38.9 Å². The van der Waals surface area contributed by atoms with Crippen LogP contribution in [0.2, 0.25) is 0 Å². The fourth-order valence-corrected chi connectivity index (χ4v) is 7.50. The van der Waals surface area contributed by atoms with E-state index in [9.17, 15) is 0 Å². The van der Waals surface area contributed by atoms with E-state index in [4.69, 9.17) is 4.42 Å². The van der Waals surface area contributed by atoms with Gasteiger partial charge < -0.3 is 14.3 Å². The highest BCUT2D eigenvalue weighted by Crippen LogP contribution is 2.42. The van der Waals surface area contributed by atoms with Crippen LogP contribution in [0.3, 0.4) is 0 Å². The van der Waals surface area contributed by atoms with Crippen molar-refractivity contribution in [2.24, 2.45) is 0 Å². The molecule has 3 nitrogen and oxygen atoms in total. The van der Waals surface area contributed by atoms with Crippen molar-refractivity contribution in [1.82, 2.24) is 9.88 Å². The molecule has 3 heteroatoms. The topological polar surface area (TPSA) is 30.1 Å². The average molecular weight is 607 g/mol. The predicted molar refractivity (Wildman–Crippen MR) is 195 cm³/mol. The normalized spacial score (nSPS) is 14.3. The van der Waals surface area contributed by atoms with Crippen LogP contribution in [0, 0.1) is 0 Å². The maximum atomic E-state index is 6.26. The SMILES string of the molecule is C1=CC(c2cccc3oc4ccccc4c23)Cc2c1c1ccccc1n2-c1ccc(-c2ccccc2CNCc2ccccc2)cc1. The zero-order valence-electron chi connectivity index (χ0n) is 26.1. The van der Waals surface area contributed by atoms with Gasteiger partial charge in [0, 0.05) is 52.1 Å². The van der Waals surface area contributed by atoms with Crippen molar-refractivity contribution < 1.29 is 4.42 Å². The lowest BCUT2D eigenvalue weighted by Crippen LogP contribution is -2.13. The van der Waals surface area contributed by atoms with E-state index in [0.29, 0.717) is 0 Å². The minimum Gasteiger partial charge on any atom is -0.456 e. The summed E-state index contributed by atoms with van der Waals surface area (Å²) in [6, 6.07) is 52.1. The summed E-state index contributed by atoms with van der Waals surface area (Å²) in [7, 11) is 0. The van der Waals surface area contributed by atoms with Gasteiger partial charge in [-0.3, -0.25) is 0 Å². The number of fused-ring (bicyclic) bond motifs is 6. The first-order valence-electron chi connectivity index (χ1n) is 16.5. The van der Waals surface area contributed by atoms with E-state index in [1.165, 1.54) is 66.4 Å². The van der Waals surface area contributed by atoms with E-state index in [1.54, 1.807) is 0 Å². The summed E-state index contributed by atoms with van der Waals surface area (Å²) < 4.78 is 8.74. The molecule has 6 aromatic carbocycles. The van der Waals surface area contributed by atoms with E-state index in [1.807, 2.05) is 6.07 Å². The number of rotatable bonds is 7. The number of para-hydroxylation sites is 2. The maximum absolute atomic E-state index is 6.26. The zero-order chi connectivity index (χ0) is 31.2. The van der Waals surface area contributed by atoms with Crippen LogP contribution in [0.15, 0.2) is 156 Å². The van der Waals surface area contributed by atoms with Gasteiger partial charge in [0.1, 0.15) is 11.2 Å². The van der Waals surface area contributed by atoms with Crippen molar-refractivity contribution in [3.05, 3.63) is 180 Å². The van der Waals surface area contributed by atoms with Crippen molar-refractivity contribution in [1.29, 1.82) is 0 Å². The number of aromatic nitrogens is 1. The summed E-state index contributed by atoms with van der Waals surface area (Å²) in [6.45, 7) is 1.66. The van der Waals surface area contributed by atoms with Crippen LogP contribution in [-0.4, -0.2) is 4.57 Å². The Balaban J connectivity index is 1.07. The Morgan fingerprint density at radius 2 is 1.38 bits per heavy atom. The number of hydrogen-bond donors (Lipinski definition) is 1. The number of nitrogens with one attached hydrogen (secondary N) is 1. The molecule has 0 radical (unpaired) electrons. The van der Waals surface area contributed by atoms with E-state index in [-0.39, 0.29) is 5.92 Å². The summed E-state index contributed by atoms with van der Waals surface area (Å²) in [6.07, 6.45) is 5.65. The summed E-state index contributed by atoms with van der Waals surface area (Å²) in [5.41, 5.74) is 13.4. The second-order valence-corrected chi connectivity index (χ2v) is 12.5. The number of allylic oxidation sites excluding steroid dienone is 1. The first kappa shape index (κ1) is 27.7. The molecule has 1 atom stereocenters. The second-order valence-electron chi connectivity index (χ2n) is 12.5. The van der Waals surface area contributed by atoms with E-state index >= 15 is 0 Å². The van der Waals surface area contributed by atoms with E-state index in [2.05, 4.69) is 162 Å². The molecule has 0 spiro atoms. The number of benzene rings is 6. The average Bonchev–Trinajstić information content (AvgIpc) is 3.68.